The minimum Gasteiger partial charge on any atom is -0.497 e. The number of anilines is 1. The Hall–Kier alpha value is -3.37. The molecule has 1 aromatic heterocycles. The van der Waals surface area contributed by atoms with E-state index in [-0.39, 0.29) is 6.23 Å². The zero-order chi connectivity index (χ0) is 18.6. The molecule has 1 saturated heterocycles. The highest BCUT2D eigenvalue weighted by Crippen LogP contribution is 2.31. The van der Waals surface area contributed by atoms with Crippen LogP contribution in [0.1, 0.15) is 23.0 Å². The van der Waals surface area contributed by atoms with Gasteiger partial charge in [-0.2, -0.15) is 5.26 Å². The zero-order valence-corrected chi connectivity index (χ0v) is 14.9. The molecule has 136 valence electrons. The van der Waals surface area contributed by atoms with Gasteiger partial charge in [0, 0.05) is 12.2 Å². The summed E-state index contributed by atoms with van der Waals surface area (Å²) in [5, 5.41) is 17.4. The molecule has 1 aliphatic heterocycles. The van der Waals surface area contributed by atoms with Crippen molar-refractivity contribution < 1.29 is 9.47 Å². The molecular formula is C20H19N5O2. The maximum absolute atomic E-state index is 8.89. The van der Waals surface area contributed by atoms with E-state index in [1.54, 1.807) is 23.9 Å². The van der Waals surface area contributed by atoms with Gasteiger partial charge >= 0.3 is 0 Å². The first-order chi connectivity index (χ1) is 13.3. The van der Waals surface area contributed by atoms with Crippen LogP contribution in [0.15, 0.2) is 54.7 Å². The summed E-state index contributed by atoms with van der Waals surface area (Å²) in [7, 11) is 1.66. The van der Waals surface area contributed by atoms with Gasteiger partial charge in [0.15, 0.2) is 6.23 Å². The molecule has 27 heavy (non-hydrogen) atoms. The fourth-order valence-corrected chi connectivity index (χ4v) is 3.13. The summed E-state index contributed by atoms with van der Waals surface area (Å²) in [4.78, 5) is 2.16. The molecule has 1 atom stereocenters. The zero-order valence-electron chi connectivity index (χ0n) is 14.9. The van der Waals surface area contributed by atoms with Crippen LogP contribution in [-0.2, 0) is 11.3 Å². The van der Waals surface area contributed by atoms with Crippen LogP contribution in [0.25, 0.3) is 0 Å². The predicted molar refractivity (Wildman–Crippen MR) is 99.3 cm³/mol. The van der Waals surface area contributed by atoms with Crippen molar-refractivity contribution in [2.24, 2.45) is 0 Å². The first-order valence-corrected chi connectivity index (χ1v) is 8.68. The van der Waals surface area contributed by atoms with Gasteiger partial charge in [-0.3, -0.25) is 0 Å². The monoisotopic (exact) mass is 361 g/mol. The number of ether oxygens (including phenoxy) is 2. The number of methoxy groups -OCH3 is 1. The molecule has 0 aliphatic carbocycles. The molecule has 0 spiro atoms. The molecule has 0 unspecified atom stereocenters. The van der Waals surface area contributed by atoms with Crippen molar-refractivity contribution in [2.75, 3.05) is 25.2 Å². The Morgan fingerprint density at radius 2 is 1.96 bits per heavy atom. The van der Waals surface area contributed by atoms with Crippen molar-refractivity contribution >= 4 is 5.69 Å². The van der Waals surface area contributed by atoms with Crippen molar-refractivity contribution in [3.63, 3.8) is 0 Å². The molecule has 0 bridgehead atoms. The molecule has 2 aromatic carbocycles. The lowest BCUT2D eigenvalue weighted by molar-refractivity contribution is 0.110. The molecule has 4 rings (SSSR count). The second kappa shape index (κ2) is 7.48. The Balaban J connectivity index is 1.50. The maximum Gasteiger partial charge on any atom is 0.177 e. The number of nitriles is 1. The van der Waals surface area contributed by atoms with Gasteiger partial charge in [0.25, 0.3) is 0 Å². The van der Waals surface area contributed by atoms with Crippen molar-refractivity contribution in [1.82, 2.24) is 15.0 Å². The van der Waals surface area contributed by atoms with Gasteiger partial charge < -0.3 is 14.4 Å². The van der Waals surface area contributed by atoms with E-state index in [0.717, 1.165) is 29.2 Å². The summed E-state index contributed by atoms with van der Waals surface area (Å²) >= 11 is 0. The van der Waals surface area contributed by atoms with E-state index >= 15 is 0 Å². The van der Waals surface area contributed by atoms with Crippen molar-refractivity contribution in [3.05, 3.63) is 71.5 Å². The van der Waals surface area contributed by atoms with Crippen molar-refractivity contribution in [1.29, 1.82) is 5.26 Å². The molecule has 1 fully saturated rings. The average molecular weight is 361 g/mol. The fourth-order valence-electron chi connectivity index (χ4n) is 3.13. The number of nitrogens with zero attached hydrogens (tertiary/aromatic N) is 5. The highest BCUT2D eigenvalue weighted by molar-refractivity contribution is 5.50. The van der Waals surface area contributed by atoms with E-state index in [2.05, 4.69) is 21.3 Å². The summed E-state index contributed by atoms with van der Waals surface area (Å²) < 4.78 is 12.9. The van der Waals surface area contributed by atoms with Crippen LogP contribution in [-0.4, -0.2) is 35.3 Å². The Kier molecular flexibility index (Phi) is 4.73. The molecule has 7 nitrogen and oxygen atoms in total. The molecule has 0 radical (unpaired) electrons. The highest BCUT2D eigenvalue weighted by atomic mass is 16.5. The molecule has 7 heteroatoms. The van der Waals surface area contributed by atoms with E-state index in [1.165, 1.54) is 0 Å². The number of aromatic nitrogens is 3. The number of hydrogen-bond acceptors (Lipinski definition) is 6. The van der Waals surface area contributed by atoms with E-state index in [4.69, 9.17) is 14.7 Å². The van der Waals surface area contributed by atoms with Gasteiger partial charge in [0.2, 0.25) is 0 Å². The van der Waals surface area contributed by atoms with Crippen LogP contribution >= 0.6 is 0 Å². The van der Waals surface area contributed by atoms with E-state index in [0.29, 0.717) is 18.7 Å². The lowest BCUT2D eigenvalue weighted by Crippen LogP contribution is -2.23. The average Bonchev–Trinajstić information content (AvgIpc) is 3.38. The van der Waals surface area contributed by atoms with Gasteiger partial charge in [0.05, 0.1) is 38.1 Å². The standard InChI is InChI=1S/C20H19N5O2/c1-26-18-8-6-17(7-9-18)25-10-11-27-20(25)19-14-24(23-22-19)13-16-4-2-15(12-21)3-5-16/h2-9,14,20H,10-11,13H2,1H3/t20-/m0/s1. The third kappa shape index (κ3) is 3.61. The summed E-state index contributed by atoms with van der Waals surface area (Å²) in [5.41, 5.74) is 3.54. The van der Waals surface area contributed by atoms with Crippen molar-refractivity contribution in [3.8, 4) is 11.8 Å². The summed E-state index contributed by atoms with van der Waals surface area (Å²) in [6.07, 6.45) is 1.65. The quantitative estimate of drug-likeness (QED) is 0.695. The maximum atomic E-state index is 8.89. The molecule has 0 amide bonds. The highest BCUT2D eigenvalue weighted by Gasteiger charge is 2.29. The van der Waals surface area contributed by atoms with Gasteiger partial charge in [-0.25, -0.2) is 4.68 Å². The number of benzene rings is 2. The first kappa shape index (κ1) is 17.1. The molecule has 0 saturated carbocycles. The van der Waals surface area contributed by atoms with Crippen molar-refractivity contribution in [2.45, 2.75) is 12.8 Å². The van der Waals surface area contributed by atoms with Gasteiger partial charge in [-0.05, 0) is 42.0 Å². The largest absolute Gasteiger partial charge is 0.497 e. The minimum absolute atomic E-state index is 0.256. The second-order valence-electron chi connectivity index (χ2n) is 6.26. The van der Waals surface area contributed by atoms with Gasteiger partial charge in [-0.15, -0.1) is 5.10 Å². The summed E-state index contributed by atoms with van der Waals surface area (Å²) in [6, 6.07) is 17.5. The Morgan fingerprint density at radius 3 is 2.67 bits per heavy atom. The lowest BCUT2D eigenvalue weighted by atomic mass is 10.1. The molecule has 3 aromatic rings. The Morgan fingerprint density at radius 1 is 1.19 bits per heavy atom. The number of hydrogen-bond donors (Lipinski definition) is 0. The Labute approximate surface area is 157 Å². The van der Waals surface area contributed by atoms with Crippen LogP contribution in [0.3, 0.4) is 0 Å². The third-order valence-electron chi connectivity index (χ3n) is 4.53. The van der Waals surface area contributed by atoms with Crippen LogP contribution in [0.2, 0.25) is 0 Å². The third-order valence-corrected chi connectivity index (χ3v) is 4.53. The smallest absolute Gasteiger partial charge is 0.177 e. The van der Waals surface area contributed by atoms with Crippen LogP contribution in [0.5, 0.6) is 5.75 Å². The second-order valence-corrected chi connectivity index (χ2v) is 6.26. The molecule has 0 N–H and O–H groups in total. The summed E-state index contributed by atoms with van der Waals surface area (Å²) in [6.45, 7) is 2.02. The normalized spacial score (nSPS) is 16.3. The van der Waals surface area contributed by atoms with Crippen LogP contribution in [0.4, 0.5) is 5.69 Å². The van der Waals surface area contributed by atoms with Crippen LogP contribution < -0.4 is 9.64 Å². The predicted octanol–water partition coefficient (Wildman–Crippen LogP) is 2.74. The fraction of sp³-hybridized carbons (Fsp3) is 0.250. The minimum atomic E-state index is -0.256. The molecule has 1 aliphatic rings. The topological polar surface area (TPSA) is 76.2 Å². The first-order valence-electron chi connectivity index (χ1n) is 8.68. The van der Waals surface area contributed by atoms with E-state index < -0.39 is 0 Å². The molecular weight excluding hydrogens is 342 g/mol. The lowest BCUT2D eigenvalue weighted by Gasteiger charge is -2.23. The summed E-state index contributed by atoms with van der Waals surface area (Å²) in [5.74, 6) is 0.823. The Bertz CT molecular complexity index is 944. The van der Waals surface area contributed by atoms with E-state index in [9.17, 15) is 0 Å². The molecule has 2 heterocycles. The van der Waals surface area contributed by atoms with Gasteiger partial charge in [0.1, 0.15) is 11.4 Å². The number of rotatable bonds is 5. The van der Waals surface area contributed by atoms with Gasteiger partial charge in [-0.1, -0.05) is 17.3 Å². The van der Waals surface area contributed by atoms with E-state index in [1.807, 2.05) is 42.6 Å². The van der Waals surface area contributed by atoms with Crippen LogP contribution in [0, 0.1) is 11.3 Å². The SMILES string of the molecule is COc1ccc(N2CCO[C@H]2c2cn(Cc3ccc(C#N)cc3)nn2)cc1.